The van der Waals surface area contributed by atoms with Crippen molar-refractivity contribution in [2.45, 2.75) is 11.1 Å². The molecule has 2 rings (SSSR count). The van der Waals surface area contributed by atoms with Crippen LogP contribution in [0.3, 0.4) is 0 Å². The number of alkyl halides is 3. The van der Waals surface area contributed by atoms with E-state index < -0.39 is 17.8 Å². The smallest absolute Gasteiger partial charge is 0.379 e. The van der Waals surface area contributed by atoms with Crippen LogP contribution in [0.5, 0.6) is 0 Å². The maximum atomic E-state index is 12.3. The van der Waals surface area contributed by atoms with E-state index in [1.165, 1.54) is 12.1 Å². The molecule has 1 amide bonds. The second kappa shape index (κ2) is 6.04. The van der Waals surface area contributed by atoms with Crippen molar-refractivity contribution in [3.05, 3.63) is 30.0 Å². The van der Waals surface area contributed by atoms with Crippen molar-refractivity contribution < 1.29 is 22.6 Å². The lowest BCUT2D eigenvalue weighted by Gasteiger charge is -2.11. The number of carbonyl (C=O) groups excluding carboxylic acids is 1. The number of thioether (sulfide) groups is 1. The van der Waals surface area contributed by atoms with E-state index in [2.05, 4.69) is 20.3 Å². The molecule has 0 spiro atoms. The zero-order chi connectivity index (χ0) is 15.5. The minimum Gasteiger partial charge on any atom is -0.379 e. The van der Waals surface area contributed by atoms with Gasteiger partial charge in [-0.25, -0.2) is 4.63 Å². The second-order valence-electron chi connectivity index (χ2n) is 3.85. The maximum absolute atomic E-state index is 12.3. The zero-order valence-electron chi connectivity index (χ0n) is 10.3. The number of aromatic nitrogens is 2. The Morgan fingerprint density at radius 2 is 2.05 bits per heavy atom. The van der Waals surface area contributed by atoms with Crippen LogP contribution in [-0.4, -0.2) is 28.1 Å². The van der Waals surface area contributed by atoms with Gasteiger partial charge < -0.3 is 11.1 Å². The van der Waals surface area contributed by atoms with Gasteiger partial charge in [0.1, 0.15) is 0 Å². The fourth-order valence-electron chi connectivity index (χ4n) is 1.39. The standard InChI is InChI=1S/C11H9F3N4O2S/c12-11(13,14)5-21-7-4-2-1-3-6(7)16-10(19)8-9(15)18-20-17-8/h1-4H,5H2,(H2,15,18)(H,16,19). The lowest BCUT2D eigenvalue weighted by molar-refractivity contribution is -0.105. The molecule has 112 valence electrons. The van der Waals surface area contributed by atoms with Crippen molar-refractivity contribution in [2.75, 3.05) is 16.8 Å². The maximum Gasteiger partial charge on any atom is 0.398 e. The number of benzene rings is 1. The van der Waals surface area contributed by atoms with Crippen LogP contribution in [0.15, 0.2) is 33.8 Å². The fourth-order valence-corrected chi connectivity index (χ4v) is 2.16. The van der Waals surface area contributed by atoms with Crippen LogP contribution in [-0.2, 0) is 0 Å². The Kier molecular flexibility index (Phi) is 4.36. The van der Waals surface area contributed by atoms with Crippen LogP contribution in [0.1, 0.15) is 10.5 Å². The Labute approximate surface area is 120 Å². The number of para-hydroxylation sites is 1. The first-order chi connectivity index (χ1) is 9.87. The lowest BCUT2D eigenvalue weighted by Crippen LogP contribution is -2.15. The van der Waals surface area contributed by atoms with Gasteiger partial charge in [-0.2, -0.15) is 13.2 Å². The minimum absolute atomic E-state index is 0.201. The van der Waals surface area contributed by atoms with Crippen molar-refractivity contribution >= 4 is 29.2 Å². The van der Waals surface area contributed by atoms with Crippen LogP contribution in [0, 0.1) is 0 Å². The Morgan fingerprint density at radius 1 is 1.33 bits per heavy atom. The summed E-state index contributed by atoms with van der Waals surface area (Å²) in [5.41, 5.74) is 5.36. The highest BCUT2D eigenvalue weighted by Gasteiger charge is 2.28. The fraction of sp³-hybridized carbons (Fsp3) is 0.182. The molecule has 0 saturated heterocycles. The quantitative estimate of drug-likeness (QED) is 0.841. The van der Waals surface area contributed by atoms with Gasteiger partial charge in [0.25, 0.3) is 5.91 Å². The number of rotatable bonds is 4. The highest BCUT2D eigenvalue weighted by Crippen LogP contribution is 2.32. The van der Waals surface area contributed by atoms with E-state index in [1.807, 2.05) is 0 Å². The molecule has 0 saturated carbocycles. The number of carbonyl (C=O) groups is 1. The molecule has 3 N–H and O–H groups in total. The summed E-state index contributed by atoms with van der Waals surface area (Å²) < 4.78 is 41.1. The zero-order valence-corrected chi connectivity index (χ0v) is 11.2. The summed E-state index contributed by atoms with van der Waals surface area (Å²) in [6.45, 7) is 0. The third-order valence-electron chi connectivity index (χ3n) is 2.26. The average Bonchev–Trinajstić information content (AvgIpc) is 2.83. The van der Waals surface area contributed by atoms with E-state index in [0.717, 1.165) is 0 Å². The predicted octanol–water partition coefficient (Wildman–Crippen LogP) is 2.56. The van der Waals surface area contributed by atoms with Crippen LogP contribution in [0.25, 0.3) is 0 Å². The molecule has 0 fully saturated rings. The van der Waals surface area contributed by atoms with Crippen molar-refractivity contribution in [1.29, 1.82) is 0 Å². The number of nitrogens with zero attached hydrogens (tertiary/aromatic N) is 2. The highest BCUT2D eigenvalue weighted by atomic mass is 32.2. The summed E-state index contributed by atoms with van der Waals surface area (Å²) in [7, 11) is 0. The van der Waals surface area contributed by atoms with E-state index >= 15 is 0 Å². The molecular formula is C11H9F3N4O2S. The second-order valence-corrected chi connectivity index (χ2v) is 4.87. The monoisotopic (exact) mass is 318 g/mol. The van der Waals surface area contributed by atoms with Gasteiger partial charge in [0, 0.05) is 4.90 Å². The van der Waals surface area contributed by atoms with Gasteiger partial charge in [-0.15, -0.1) is 11.8 Å². The highest BCUT2D eigenvalue weighted by molar-refractivity contribution is 7.99. The van der Waals surface area contributed by atoms with Crippen molar-refractivity contribution in [3.63, 3.8) is 0 Å². The number of hydrogen-bond donors (Lipinski definition) is 2. The van der Waals surface area contributed by atoms with Crippen molar-refractivity contribution in [1.82, 2.24) is 10.3 Å². The van der Waals surface area contributed by atoms with E-state index in [4.69, 9.17) is 5.73 Å². The molecule has 2 aromatic rings. The number of nitrogens with one attached hydrogen (secondary N) is 1. The molecule has 1 heterocycles. The van der Waals surface area contributed by atoms with Crippen molar-refractivity contribution in [2.24, 2.45) is 0 Å². The normalized spacial score (nSPS) is 11.4. The lowest BCUT2D eigenvalue weighted by atomic mass is 10.3. The minimum atomic E-state index is -4.30. The van der Waals surface area contributed by atoms with Gasteiger partial charge in [0.15, 0.2) is 0 Å². The molecule has 0 aliphatic carbocycles. The summed E-state index contributed by atoms with van der Waals surface area (Å²) in [5, 5.41) is 8.98. The SMILES string of the molecule is Nc1nonc1C(=O)Nc1ccccc1SCC(F)(F)F. The molecule has 1 aromatic carbocycles. The average molecular weight is 318 g/mol. The van der Waals surface area contributed by atoms with Gasteiger partial charge in [-0.1, -0.05) is 12.1 Å². The molecule has 21 heavy (non-hydrogen) atoms. The van der Waals surface area contributed by atoms with Gasteiger partial charge in [-0.3, -0.25) is 4.79 Å². The van der Waals surface area contributed by atoms with Crippen LogP contribution >= 0.6 is 11.8 Å². The molecule has 0 aliphatic rings. The Balaban J connectivity index is 2.13. The number of nitrogen functional groups attached to an aromatic ring is 1. The largest absolute Gasteiger partial charge is 0.398 e. The molecule has 0 atom stereocenters. The van der Waals surface area contributed by atoms with Crippen LogP contribution in [0.2, 0.25) is 0 Å². The molecule has 1 aromatic heterocycles. The topological polar surface area (TPSA) is 94.0 Å². The summed E-state index contributed by atoms with van der Waals surface area (Å²) in [6, 6.07) is 6.09. The van der Waals surface area contributed by atoms with E-state index in [-0.39, 0.29) is 22.1 Å². The number of anilines is 2. The van der Waals surface area contributed by atoms with Gasteiger partial charge in [0.05, 0.1) is 11.4 Å². The van der Waals surface area contributed by atoms with Gasteiger partial charge >= 0.3 is 6.18 Å². The Hall–Kier alpha value is -2.23. The first-order valence-electron chi connectivity index (χ1n) is 5.55. The Morgan fingerprint density at radius 3 is 2.67 bits per heavy atom. The molecule has 0 bridgehead atoms. The summed E-state index contributed by atoms with van der Waals surface area (Å²) >= 11 is 0.567. The predicted molar refractivity (Wildman–Crippen MR) is 69.9 cm³/mol. The first-order valence-corrected chi connectivity index (χ1v) is 6.53. The van der Waals surface area contributed by atoms with E-state index in [9.17, 15) is 18.0 Å². The molecule has 10 heteroatoms. The molecule has 6 nitrogen and oxygen atoms in total. The van der Waals surface area contributed by atoms with Gasteiger partial charge in [0.2, 0.25) is 11.5 Å². The third-order valence-corrected chi connectivity index (χ3v) is 3.39. The van der Waals surface area contributed by atoms with Crippen molar-refractivity contribution in [3.8, 4) is 0 Å². The number of amides is 1. The first kappa shape index (κ1) is 15.2. The number of nitrogens with two attached hydrogens (primary N) is 1. The number of hydrogen-bond acceptors (Lipinski definition) is 6. The molecule has 0 radical (unpaired) electrons. The summed E-state index contributed by atoms with van der Waals surface area (Å²) in [5.74, 6) is -1.98. The molecule has 0 aliphatic heterocycles. The Bertz CT molecular complexity index is 644. The molecule has 0 unspecified atom stereocenters. The molecular weight excluding hydrogens is 309 g/mol. The number of halogens is 3. The third kappa shape index (κ3) is 4.12. The van der Waals surface area contributed by atoms with Crippen LogP contribution < -0.4 is 11.1 Å². The van der Waals surface area contributed by atoms with Crippen LogP contribution in [0.4, 0.5) is 24.7 Å². The van der Waals surface area contributed by atoms with Gasteiger partial charge in [-0.05, 0) is 22.4 Å². The van der Waals surface area contributed by atoms with E-state index in [0.29, 0.717) is 11.8 Å². The summed E-state index contributed by atoms with van der Waals surface area (Å²) in [4.78, 5) is 12.1. The van der Waals surface area contributed by atoms with E-state index in [1.54, 1.807) is 12.1 Å². The summed E-state index contributed by atoms with van der Waals surface area (Å²) in [6.07, 6.45) is -4.30.